The molecule has 0 aliphatic rings. The lowest BCUT2D eigenvalue weighted by Gasteiger charge is -2.14. The number of sulfonamides is 1. The topological polar surface area (TPSA) is 107 Å². The minimum Gasteiger partial charge on any atom is -0.475 e. The Hall–Kier alpha value is -2.17. The molecule has 0 atom stereocenters. The summed E-state index contributed by atoms with van der Waals surface area (Å²) in [5.74, 6) is -2.17. The molecule has 11 heteroatoms. The largest absolute Gasteiger partial charge is 0.475 e. The average molecular weight is 450 g/mol. The summed E-state index contributed by atoms with van der Waals surface area (Å²) in [6.45, 7) is 1.04. The third kappa shape index (κ3) is 5.91. The Labute approximate surface area is 167 Å². The van der Waals surface area contributed by atoms with Crippen molar-refractivity contribution in [2.75, 3.05) is 12.2 Å². The fourth-order valence-corrected chi connectivity index (χ4v) is 4.58. The lowest BCUT2D eigenvalue weighted by molar-refractivity contribution is -0.117. The molecule has 0 saturated heterocycles. The molecule has 0 radical (unpaired) electrons. The number of sulfone groups is 1. The second-order valence-corrected chi connectivity index (χ2v) is 10.00. The zero-order valence-corrected chi connectivity index (χ0v) is 17.3. The highest BCUT2D eigenvalue weighted by Gasteiger charge is 2.18. The van der Waals surface area contributed by atoms with Gasteiger partial charge in [0.2, 0.25) is 11.8 Å². The summed E-state index contributed by atoms with van der Waals surface area (Å²) in [5, 5.41) is -0.00826. The van der Waals surface area contributed by atoms with E-state index in [1.165, 1.54) is 18.2 Å². The molecule has 0 aliphatic carbocycles. The predicted octanol–water partition coefficient (Wildman–Crippen LogP) is 2.28. The van der Waals surface area contributed by atoms with Gasteiger partial charge in [-0.3, -0.25) is 9.52 Å². The van der Waals surface area contributed by atoms with Gasteiger partial charge in [-0.15, -0.1) is 0 Å². The molecule has 0 unspecified atom stereocenters. The summed E-state index contributed by atoms with van der Waals surface area (Å²) < 4.78 is 67.8. The molecule has 2 aromatic carbocycles. The maximum atomic E-state index is 13.7. The first-order chi connectivity index (χ1) is 12.9. The smallest absolute Gasteiger partial charge is 0.270 e. The summed E-state index contributed by atoms with van der Waals surface area (Å²) in [6, 6.07) is 7.87. The number of hydrogen-bond donors (Lipinski definition) is 1. The molecule has 2 rings (SSSR count). The quantitative estimate of drug-likeness (QED) is 0.695. The van der Waals surface area contributed by atoms with Crippen LogP contribution in [0.4, 0.5) is 4.39 Å². The van der Waals surface area contributed by atoms with Crippen molar-refractivity contribution >= 4 is 37.4 Å². The van der Waals surface area contributed by atoms with Crippen LogP contribution in [-0.4, -0.2) is 34.9 Å². The van der Waals surface area contributed by atoms with E-state index < -0.39 is 37.5 Å². The van der Waals surface area contributed by atoms with Crippen LogP contribution in [-0.2, 0) is 31.1 Å². The van der Waals surface area contributed by atoms with E-state index in [-0.39, 0.29) is 27.7 Å². The molecule has 0 fully saturated rings. The number of hydrogen-bond acceptors (Lipinski definition) is 6. The highest BCUT2D eigenvalue weighted by atomic mass is 35.5. The third-order valence-corrected chi connectivity index (χ3v) is 6.24. The van der Waals surface area contributed by atoms with Gasteiger partial charge in [0.05, 0.1) is 9.92 Å². The number of carbonyl (C=O) groups excluding carboxylic acids is 1. The molecule has 0 aliphatic heterocycles. The van der Waals surface area contributed by atoms with Crippen molar-refractivity contribution in [3.8, 4) is 5.75 Å². The van der Waals surface area contributed by atoms with E-state index in [1.54, 1.807) is 10.8 Å². The molecular weight excluding hydrogens is 433 g/mol. The molecule has 0 bridgehead atoms. The van der Waals surface area contributed by atoms with Crippen LogP contribution in [0.3, 0.4) is 0 Å². The van der Waals surface area contributed by atoms with E-state index in [0.717, 1.165) is 25.3 Å². The molecule has 0 heterocycles. The van der Waals surface area contributed by atoms with Crippen LogP contribution in [0.2, 0.25) is 5.02 Å². The van der Waals surface area contributed by atoms with Crippen molar-refractivity contribution in [2.45, 2.75) is 18.2 Å². The molecule has 152 valence electrons. The molecular formula is C17H17ClFNO6S2. The van der Waals surface area contributed by atoms with Crippen molar-refractivity contribution < 1.29 is 30.8 Å². The Morgan fingerprint density at radius 3 is 2.43 bits per heavy atom. The van der Waals surface area contributed by atoms with Crippen LogP contribution in [0.5, 0.6) is 5.75 Å². The van der Waals surface area contributed by atoms with E-state index in [4.69, 9.17) is 16.3 Å². The predicted molar refractivity (Wildman–Crippen MR) is 102 cm³/mol. The number of benzene rings is 2. The molecule has 1 amide bonds. The van der Waals surface area contributed by atoms with Gasteiger partial charge in [0.1, 0.15) is 11.6 Å². The molecule has 0 saturated carbocycles. The highest BCUT2D eigenvalue weighted by Crippen LogP contribution is 2.30. The molecule has 2 aromatic rings. The minimum atomic E-state index is -4.03. The van der Waals surface area contributed by atoms with Gasteiger partial charge in [-0.05, 0) is 29.8 Å². The van der Waals surface area contributed by atoms with Crippen LogP contribution >= 0.6 is 11.6 Å². The summed E-state index contributed by atoms with van der Waals surface area (Å²) in [5.41, 5.74) is 0.648. The summed E-state index contributed by atoms with van der Waals surface area (Å²) >= 11 is 6.19. The number of carbonyl (C=O) groups is 1. The summed E-state index contributed by atoms with van der Waals surface area (Å²) in [4.78, 5) is 10.8. The maximum Gasteiger partial charge on any atom is 0.270 e. The van der Waals surface area contributed by atoms with Gasteiger partial charge >= 0.3 is 0 Å². The lowest BCUT2D eigenvalue weighted by Crippen LogP contribution is -2.32. The average Bonchev–Trinajstić information content (AvgIpc) is 2.53. The zero-order chi connectivity index (χ0) is 21.1. The highest BCUT2D eigenvalue weighted by molar-refractivity contribution is 7.90. The van der Waals surface area contributed by atoms with Gasteiger partial charge in [0.15, 0.2) is 9.84 Å². The molecule has 1 N–H and O–H groups in total. The first kappa shape index (κ1) is 22.1. The van der Waals surface area contributed by atoms with Crippen molar-refractivity contribution in [2.24, 2.45) is 0 Å². The van der Waals surface area contributed by atoms with E-state index in [0.29, 0.717) is 5.56 Å². The second kappa shape index (κ2) is 8.46. The van der Waals surface area contributed by atoms with E-state index in [9.17, 15) is 26.0 Å². The van der Waals surface area contributed by atoms with Gasteiger partial charge in [0, 0.05) is 25.2 Å². The van der Waals surface area contributed by atoms with Gasteiger partial charge in [-0.2, -0.15) is 0 Å². The van der Waals surface area contributed by atoms with Gasteiger partial charge in [-0.25, -0.2) is 21.2 Å². The SMILES string of the molecule is CC(=O)NS(=O)(=O)COc1ccc(F)cc1Cc1cccc(S(C)(=O)=O)c1Cl. The number of ether oxygens (including phenoxy) is 1. The molecule has 0 spiro atoms. The summed E-state index contributed by atoms with van der Waals surface area (Å²) in [6.07, 6.45) is 1.01. The van der Waals surface area contributed by atoms with Crippen LogP contribution in [0.15, 0.2) is 41.3 Å². The van der Waals surface area contributed by atoms with Crippen molar-refractivity contribution in [1.29, 1.82) is 0 Å². The Morgan fingerprint density at radius 2 is 1.82 bits per heavy atom. The van der Waals surface area contributed by atoms with E-state index in [1.807, 2.05) is 0 Å². The monoisotopic (exact) mass is 449 g/mol. The third-order valence-electron chi connectivity index (χ3n) is 3.51. The van der Waals surface area contributed by atoms with Crippen molar-refractivity contribution in [1.82, 2.24) is 4.72 Å². The van der Waals surface area contributed by atoms with Gasteiger partial charge in [0.25, 0.3) is 10.0 Å². The van der Waals surface area contributed by atoms with Crippen LogP contribution < -0.4 is 9.46 Å². The fourth-order valence-electron chi connectivity index (χ4n) is 2.40. The summed E-state index contributed by atoms with van der Waals surface area (Å²) in [7, 11) is -7.60. The van der Waals surface area contributed by atoms with Gasteiger partial charge < -0.3 is 4.74 Å². The standard InChI is InChI=1S/C17H17ClFNO6S2/c1-11(21)20-28(24,25)10-26-15-7-6-14(19)9-13(15)8-12-4-3-5-16(17(12)18)27(2,22)23/h3-7,9H,8,10H2,1-2H3,(H,20,21). The Kier molecular flexibility index (Phi) is 6.68. The minimum absolute atomic E-state index is 0.00449. The van der Waals surface area contributed by atoms with Crippen LogP contribution in [0.25, 0.3) is 0 Å². The molecule has 0 aromatic heterocycles. The number of amides is 1. The number of rotatable bonds is 7. The Bertz CT molecular complexity index is 1120. The first-order valence-electron chi connectivity index (χ1n) is 7.79. The zero-order valence-electron chi connectivity index (χ0n) is 14.9. The maximum absolute atomic E-state index is 13.7. The first-order valence-corrected chi connectivity index (χ1v) is 11.7. The van der Waals surface area contributed by atoms with Crippen LogP contribution in [0.1, 0.15) is 18.1 Å². The van der Waals surface area contributed by atoms with E-state index >= 15 is 0 Å². The Morgan fingerprint density at radius 1 is 1.14 bits per heavy atom. The molecule has 28 heavy (non-hydrogen) atoms. The fraction of sp³-hybridized carbons (Fsp3) is 0.235. The van der Waals surface area contributed by atoms with Crippen LogP contribution in [0, 0.1) is 5.82 Å². The number of halogens is 2. The van der Waals surface area contributed by atoms with E-state index in [2.05, 4.69) is 0 Å². The lowest BCUT2D eigenvalue weighted by atomic mass is 10.0. The van der Waals surface area contributed by atoms with Crippen molar-refractivity contribution in [3.05, 3.63) is 58.4 Å². The van der Waals surface area contributed by atoms with Crippen molar-refractivity contribution in [3.63, 3.8) is 0 Å². The molecule has 7 nitrogen and oxygen atoms in total. The van der Waals surface area contributed by atoms with Gasteiger partial charge in [-0.1, -0.05) is 23.7 Å². The second-order valence-electron chi connectivity index (χ2n) is 5.97. The number of nitrogens with one attached hydrogen (secondary N) is 1. The normalized spacial score (nSPS) is 11.9. The Balaban J connectivity index is 2.35.